The molecule has 0 aliphatic carbocycles. The first kappa shape index (κ1) is 97.9. The average molecular weight is 1730 g/mol. The molecule has 0 bridgehead atoms. The molecule has 0 spiro atoms. The van der Waals surface area contributed by atoms with Gasteiger partial charge in [-0.2, -0.15) is 5.26 Å². The van der Waals surface area contributed by atoms with Crippen molar-refractivity contribution in [2.75, 3.05) is 86.3 Å². The minimum Gasteiger partial charge on any atom is -0.495 e. The van der Waals surface area contributed by atoms with E-state index in [4.69, 9.17) is 14.7 Å². The van der Waals surface area contributed by atoms with Gasteiger partial charge in [-0.05, 0) is 158 Å². The first-order chi connectivity index (χ1) is 56.1. The summed E-state index contributed by atoms with van der Waals surface area (Å²) >= 11 is 0. The number of nitriles is 1. The number of unbranched alkanes of at least 4 members (excludes halogenated alkanes) is 1. The van der Waals surface area contributed by atoms with Crippen LogP contribution in [0.3, 0.4) is 0 Å². The van der Waals surface area contributed by atoms with Gasteiger partial charge in [-0.1, -0.05) is 160 Å². The second kappa shape index (κ2) is 46.4. The van der Waals surface area contributed by atoms with Crippen LogP contribution in [0.4, 0.5) is 39.8 Å². The molecule has 0 aliphatic rings. The Balaban J connectivity index is 0.000000266. The zero-order valence-corrected chi connectivity index (χ0v) is 71.0. The highest BCUT2D eigenvalue weighted by Crippen LogP contribution is 2.27. The standard InChI is InChI=1S/C19H23NO3S.C17H20N2O4S.C17H18N2O4S.C17H17NO4S.C16H15N3O4S.CH4/c1-3-4-7-15-10-12-16(13-11-15)14-19(21)17-8-5-6-9-18(17)20-24(2,22)23;1-23-12-11-13-7-9-14(10-8-13)18-17(20)15-5-3-4-6-16(15)19-24(2,21)22;1-12(20)14-9-7-13(8-10-14)11-18-17(21)15-5-3-4-6-16(15)19-24(2,22)23;1-12(19)14-7-5-6-13(10-14)11-17(20)15-8-3-4-9-16(15)18-23(2,21)22;1-23-15-8-7-12(9-11(15)10-17)18-16(20)13-5-3-4-6-14(13)19-24(2,21)22;/h5-6,8-13,20H,3-4,7,14H2,1-2H3;3-10,19H,11-12H2,1-2H3,(H,18,20);3-10,19H,11H2,1-2H3,(H,18,21);3-10,18H,11H2,1-2H3;3-9,19H,1-2H3,(H,18,20);1H4. The predicted molar refractivity (Wildman–Crippen MR) is 472 cm³/mol. The number of ketones is 4. The van der Waals surface area contributed by atoms with E-state index in [1.165, 1.54) is 50.8 Å². The van der Waals surface area contributed by atoms with Gasteiger partial charge in [0, 0.05) is 60.1 Å². The molecule has 0 saturated heterocycles. The fourth-order valence-electron chi connectivity index (χ4n) is 11.0. The number of methoxy groups -OCH3 is 2. The Morgan fingerprint density at radius 2 is 0.733 bits per heavy atom. The van der Waals surface area contributed by atoms with Gasteiger partial charge < -0.3 is 25.4 Å². The molecular weight excluding hydrogens is 1640 g/mol. The van der Waals surface area contributed by atoms with Gasteiger partial charge in [0.2, 0.25) is 50.1 Å². The number of aryl methyl sites for hydroxylation is 1. The molecule has 0 atom stereocenters. The molecule has 10 rings (SSSR count). The third-order valence-corrected chi connectivity index (χ3v) is 19.5. The summed E-state index contributed by atoms with van der Waals surface area (Å²) < 4.78 is 136. The summed E-state index contributed by atoms with van der Waals surface area (Å²) in [5.74, 6) is -1.31. The second-order valence-electron chi connectivity index (χ2n) is 26.8. The Hall–Kier alpha value is -12.7. The van der Waals surface area contributed by atoms with Crippen LogP contribution >= 0.6 is 0 Å². The third-order valence-electron chi connectivity index (χ3n) is 16.5. The summed E-state index contributed by atoms with van der Waals surface area (Å²) in [5.41, 5.74) is 9.85. The largest absolute Gasteiger partial charge is 0.495 e. The van der Waals surface area contributed by atoms with Crippen LogP contribution in [0.1, 0.15) is 147 Å². The number of Topliss-reactive ketones (excluding diaryl/α,β-unsaturated/α-hetero) is 4. The third kappa shape index (κ3) is 34.8. The van der Waals surface area contributed by atoms with Gasteiger partial charge in [-0.15, -0.1) is 0 Å². The van der Waals surface area contributed by atoms with Crippen LogP contribution in [0.2, 0.25) is 0 Å². The van der Waals surface area contributed by atoms with Crippen molar-refractivity contribution in [3.05, 3.63) is 309 Å². The highest BCUT2D eigenvalue weighted by molar-refractivity contribution is 7.93. The second-order valence-corrected chi connectivity index (χ2v) is 35.5. The lowest BCUT2D eigenvalue weighted by Gasteiger charge is -2.11. The number of hydrogen-bond acceptors (Lipinski definition) is 20. The van der Waals surface area contributed by atoms with Gasteiger partial charge in [0.05, 0.1) is 95.7 Å². The average Bonchev–Trinajstić information content (AvgIpc) is 0.858. The zero-order chi connectivity index (χ0) is 87.7. The van der Waals surface area contributed by atoms with Crippen molar-refractivity contribution in [2.45, 2.75) is 73.3 Å². The number of nitrogens with one attached hydrogen (secondary N) is 8. The van der Waals surface area contributed by atoms with Crippen LogP contribution in [0.5, 0.6) is 5.75 Å². The number of rotatable bonds is 32. The zero-order valence-electron chi connectivity index (χ0n) is 66.9. The summed E-state index contributed by atoms with van der Waals surface area (Å²) in [6, 6.07) is 68.0. The van der Waals surface area contributed by atoms with E-state index in [-0.39, 0.29) is 101 Å². The molecule has 10 aromatic carbocycles. The quantitative estimate of drug-likeness (QED) is 0.0182. The molecule has 0 saturated carbocycles. The SMILES string of the molecule is C.CC(=O)c1ccc(CNC(=O)c2ccccc2NS(C)(=O)=O)cc1.CC(=O)c1cccc(CC(=O)c2ccccc2NS(C)(=O)=O)c1.CCCCc1ccc(CC(=O)c2ccccc2NS(C)(=O)=O)cc1.COCCc1ccc(NC(=O)c2ccccc2NS(C)(=O)=O)cc1.COc1ccc(NC(=O)c2ccccc2NS(C)(=O)=O)cc1C#N. The summed E-state index contributed by atoms with van der Waals surface area (Å²) in [5, 5.41) is 17.2. The van der Waals surface area contributed by atoms with Crippen LogP contribution in [0.25, 0.3) is 0 Å². The fraction of sp³-hybridized carbons (Fsp3) is 0.218. The van der Waals surface area contributed by atoms with E-state index < -0.39 is 61.9 Å². The van der Waals surface area contributed by atoms with Crippen LogP contribution in [-0.4, -0.2) is 135 Å². The topological polar surface area (TPSA) is 429 Å². The Labute approximate surface area is 702 Å². The molecule has 10 aromatic rings. The fourth-order valence-corrected chi connectivity index (χ4v) is 13.9. The molecule has 120 heavy (non-hydrogen) atoms. The van der Waals surface area contributed by atoms with Gasteiger partial charge in [-0.25, -0.2) is 42.1 Å². The maximum atomic E-state index is 12.5. The van der Waals surface area contributed by atoms with E-state index in [1.807, 2.05) is 30.3 Å². The number of nitrogens with zero attached hydrogens (tertiary/aromatic N) is 1. The van der Waals surface area contributed by atoms with E-state index in [9.17, 15) is 75.7 Å². The van der Waals surface area contributed by atoms with Crippen molar-refractivity contribution < 1.29 is 85.1 Å². The molecule has 0 fully saturated rings. The summed E-state index contributed by atoms with van der Waals surface area (Å²) in [6.07, 6.45) is 9.67. The first-order valence-corrected chi connectivity index (χ1v) is 45.8. The predicted octanol–water partition coefficient (Wildman–Crippen LogP) is 14.0. The molecular formula is C87H97N9O19S5. The lowest BCUT2D eigenvalue weighted by molar-refractivity contribution is 0.0947. The molecule has 0 radical (unpaired) electrons. The maximum Gasteiger partial charge on any atom is 0.257 e. The molecule has 8 N–H and O–H groups in total. The number of carbonyl (C=O) groups excluding carboxylic acids is 7. The van der Waals surface area contributed by atoms with E-state index in [1.54, 1.807) is 183 Å². The number of carbonyl (C=O) groups is 7. The molecule has 0 aromatic heterocycles. The molecule has 634 valence electrons. The number of sulfonamides is 5. The Kier molecular flexibility index (Phi) is 37.9. The highest BCUT2D eigenvalue weighted by Gasteiger charge is 2.21. The van der Waals surface area contributed by atoms with Gasteiger partial charge in [0.25, 0.3) is 17.7 Å². The molecule has 3 amide bonds. The lowest BCUT2D eigenvalue weighted by Crippen LogP contribution is -2.24. The Morgan fingerprint density at radius 1 is 0.375 bits per heavy atom. The molecule has 0 unspecified atom stereocenters. The van der Waals surface area contributed by atoms with E-state index in [0.717, 1.165) is 73.7 Å². The number of amides is 3. The highest BCUT2D eigenvalue weighted by atomic mass is 32.2. The van der Waals surface area contributed by atoms with Crippen molar-refractivity contribution in [2.24, 2.45) is 0 Å². The van der Waals surface area contributed by atoms with Crippen molar-refractivity contribution in [1.82, 2.24) is 5.32 Å². The number of anilines is 7. The van der Waals surface area contributed by atoms with Crippen molar-refractivity contribution in [3.63, 3.8) is 0 Å². The normalized spacial score (nSPS) is 10.9. The molecule has 28 nitrogen and oxygen atoms in total. The van der Waals surface area contributed by atoms with Crippen LogP contribution in [0.15, 0.2) is 237 Å². The number of ether oxygens (including phenoxy) is 2. The summed E-state index contributed by atoms with van der Waals surface area (Å²) in [4.78, 5) is 84.8. The van der Waals surface area contributed by atoms with Gasteiger partial charge in [0.1, 0.15) is 11.8 Å². The van der Waals surface area contributed by atoms with E-state index in [2.05, 4.69) is 58.6 Å². The first-order valence-electron chi connectivity index (χ1n) is 36.4. The van der Waals surface area contributed by atoms with Crippen molar-refractivity contribution in [1.29, 1.82) is 5.26 Å². The van der Waals surface area contributed by atoms with E-state index in [0.29, 0.717) is 57.2 Å². The number of para-hydroxylation sites is 5. The lowest BCUT2D eigenvalue weighted by atomic mass is 9.99. The maximum absolute atomic E-state index is 12.5. The molecule has 0 heterocycles. The van der Waals surface area contributed by atoms with Crippen molar-refractivity contribution >= 4 is 131 Å². The summed E-state index contributed by atoms with van der Waals surface area (Å²) in [6.45, 7) is 6.02. The Morgan fingerprint density at radius 3 is 1.13 bits per heavy atom. The number of benzene rings is 10. The monoisotopic (exact) mass is 1730 g/mol. The van der Waals surface area contributed by atoms with Crippen molar-refractivity contribution in [3.8, 4) is 11.8 Å². The van der Waals surface area contributed by atoms with Gasteiger partial charge in [0.15, 0.2) is 23.1 Å². The smallest absolute Gasteiger partial charge is 0.257 e. The molecule has 0 aliphatic heterocycles. The van der Waals surface area contributed by atoms with Crippen LogP contribution in [-0.2, 0) is 87.1 Å². The molecule has 33 heteroatoms. The minimum absolute atomic E-state index is 0. The minimum atomic E-state index is -3.52. The van der Waals surface area contributed by atoms with Gasteiger partial charge >= 0.3 is 0 Å². The van der Waals surface area contributed by atoms with Crippen LogP contribution < -0.4 is 44.3 Å². The van der Waals surface area contributed by atoms with Crippen LogP contribution in [0, 0.1) is 11.3 Å². The van der Waals surface area contributed by atoms with Gasteiger partial charge in [-0.3, -0.25) is 57.2 Å². The number of hydrogen-bond donors (Lipinski definition) is 8. The Bertz CT molecular complexity index is 5770. The summed E-state index contributed by atoms with van der Waals surface area (Å²) in [7, 11) is -14.3. The van der Waals surface area contributed by atoms with E-state index >= 15 is 0 Å².